The lowest BCUT2D eigenvalue weighted by atomic mass is 9.99. The summed E-state index contributed by atoms with van der Waals surface area (Å²) in [6.07, 6.45) is 5.64. The molecular weight excluding hydrogens is 186 g/mol. The number of H-pyrrole nitrogens is 1. The lowest BCUT2D eigenvalue weighted by Gasteiger charge is -2.20. The molecule has 15 heavy (non-hydrogen) atoms. The van der Waals surface area contributed by atoms with Crippen LogP contribution >= 0.6 is 0 Å². The lowest BCUT2D eigenvalue weighted by molar-refractivity contribution is 0.448. The van der Waals surface area contributed by atoms with Gasteiger partial charge >= 0.3 is 0 Å². The molecule has 2 N–H and O–H groups in total. The number of hydrogen-bond acceptors (Lipinski definition) is 2. The molecule has 0 saturated carbocycles. The van der Waals surface area contributed by atoms with Gasteiger partial charge in [-0.25, -0.2) is 4.98 Å². The third kappa shape index (κ3) is 2.81. The number of nitrogens with zero attached hydrogens (tertiary/aromatic N) is 1. The maximum atomic E-state index is 4.50. The summed E-state index contributed by atoms with van der Waals surface area (Å²) in [5.41, 5.74) is 1.28. The van der Waals surface area contributed by atoms with E-state index in [-0.39, 0.29) is 0 Å². The zero-order valence-corrected chi connectivity index (χ0v) is 9.71. The van der Waals surface area contributed by atoms with E-state index in [1.807, 2.05) is 6.20 Å². The maximum Gasteiger partial charge on any atom is 0.110 e. The Balaban J connectivity index is 1.99. The van der Waals surface area contributed by atoms with Crippen LogP contribution in [-0.4, -0.2) is 23.1 Å². The van der Waals surface area contributed by atoms with Crippen molar-refractivity contribution in [2.24, 2.45) is 5.92 Å². The summed E-state index contributed by atoms with van der Waals surface area (Å²) in [5.74, 6) is 2.47. The van der Waals surface area contributed by atoms with Crippen LogP contribution in [0.25, 0.3) is 0 Å². The molecule has 0 aliphatic carbocycles. The van der Waals surface area contributed by atoms with Crippen LogP contribution in [-0.2, 0) is 6.42 Å². The minimum absolute atomic E-state index is 0.597. The highest BCUT2D eigenvalue weighted by atomic mass is 15.0. The number of imidazole rings is 1. The minimum Gasteiger partial charge on any atom is -0.346 e. The first-order valence-corrected chi connectivity index (χ1v) is 6.00. The van der Waals surface area contributed by atoms with E-state index < -0.39 is 0 Å². The molecule has 0 bridgehead atoms. The van der Waals surface area contributed by atoms with Crippen molar-refractivity contribution >= 4 is 0 Å². The van der Waals surface area contributed by atoms with Crippen molar-refractivity contribution in [3.8, 4) is 0 Å². The van der Waals surface area contributed by atoms with Crippen molar-refractivity contribution < 1.29 is 0 Å². The summed E-state index contributed by atoms with van der Waals surface area (Å²) in [6.45, 7) is 6.72. The minimum atomic E-state index is 0.597. The number of rotatable bonds is 3. The first kappa shape index (κ1) is 10.7. The van der Waals surface area contributed by atoms with Crippen LogP contribution in [0.2, 0.25) is 0 Å². The van der Waals surface area contributed by atoms with Gasteiger partial charge < -0.3 is 10.3 Å². The van der Waals surface area contributed by atoms with Gasteiger partial charge in [-0.1, -0.05) is 13.8 Å². The van der Waals surface area contributed by atoms with Crippen LogP contribution in [0.4, 0.5) is 0 Å². The van der Waals surface area contributed by atoms with E-state index in [9.17, 15) is 0 Å². The Morgan fingerprint density at radius 1 is 1.53 bits per heavy atom. The van der Waals surface area contributed by atoms with Crippen molar-refractivity contribution in [1.29, 1.82) is 0 Å². The molecule has 0 amide bonds. The second-order valence-electron chi connectivity index (χ2n) is 4.93. The first-order valence-electron chi connectivity index (χ1n) is 6.00. The number of aromatic amines is 1. The second-order valence-corrected chi connectivity index (χ2v) is 4.93. The molecule has 1 saturated heterocycles. The molecule has 2 heterocycles. The Morgan fingerprint density at radius 2 is 2.40 bits per heavy atom. The Kier molecular flexibility index (Phi) is 3.41. The smallest absolute Gasteiger partial charge is 0.110 e. The highest BCUT2D eigenvalue weighted by Gasteiger charge is 2.17. The van der Waals surface area contributed by atoms with Gasteiger partial charge in [0.05, 0.1) is 0 Å². The van der Waals surface area contributed by atoms with Crippen LogP contribution in [0.5, 0.6) is 0 Å². The van der Waals surface area contributed by atoms with Gasteiger partial charge in [0.25, 0.3) is 0 Å². The molecule has 3 nitrogen and oxygen atoms in total. The molecule has 1 aliphatic heterocycles. The van der Waals surface area contributed by atoms with E-state index in [2.05, 4.69) is 29.1 Å². The van der Waals surface area contributed by atoms with E-state index in [1.54, 1.807) is 0 Å². The average Bonchev–Trinajstić information content (AvgIpc) is 2.67. The normalized spacial score (nSPS) is 22.2. The Morgan fingerprint density at radius 3 is 3.07 bits per heavy atom. The van der Waals surface area contributed by atoms with Gasteiger partial charge in [0.1, 0.15) is 5.82 Å². The van der Waals surface area contributed by atoms with Crippen LogP contribution in [0.3, 0.4) is 0 Å². The predicted molar refractivity (Wildman–Crippen MR) is 62.0 cm³/mol. The third-order valence-electron chi connectivity index (χ3n) is 2.96. The molecule has 1 aromatic heterocycles. The number of nitrogens with one attached hydrogen (secondary N) is 2. The molecule has 1 fully saturated rings. The molecule has 2 rings (SSSR count). The van der Waals surface area contributed by atoms with Gasteiger partial charge in [-0.15, -0.1) is 0 Å². The molecule has 84 valence electrons. The lowest BCUT2D eigenvalue weighted by Crippen LogP contribution is -2.28. The van der Waals surface area contributed by atoms with Gasteiger partial charge in [-0.3, -0.25) is 0 Å². The van der Waals surface area contributed by atoms with Crippen molar-refractivity contribution in [3.63, 3.8) is 0 Å². The molecule has 0 spiro atoms. The summed E-state index contributed by atoms with van der Waals surface area (Å²) < 4.78 is 0. The zero-order chi connectivity index (χ0) is 10.7. The number of aromatic nitrogens is 2. The van der Waals surface area contributed by atoms with Crippen LogP contribution < -0.4 is 5.32 Å². The summed E-state index contributed by atoms with van der Waals surface area (Å²) in [6, 6.07) is 0. The van der Waals surface area contributed by atoms with Crippen LogP contribution in [0, 0.1) is 5.92 Å². The van der Waals surface area contributed by atoms with E-state index in [0.717, 1.165) is 19.5 Å². The van der Waals surface area contributed by atoms with E-state index in [1.165, 1.54) is 24.4 Å². The second kappa shape index (κ2) is 4.79. The third-order valence-corrected chi connectivity index (χ3v) is 2.96. The van der Waals surface area contributed by atoms with Gasteiger partial charge in [0.2, 0.25) is 0 Å². The average molecular weight is 207 g/mol. The largest absolute Gasteiger partial charge is 0.346 e. The maximum absolute atomic E-state index is 4.50. The van der Waals surface area contributed by atoms with Crippen molar-refractivity contribution in [2.75, 3.05) is 13.1 Å². The van der Waals surface area contributed by atoms with Gasteiger partial charge in [0.15, 0.2) is 0 Å². The fraction of sp³-hybridized carbons (Fsp3) is 0.750. The molecule has 1 aromatic rings. The topological polar surface area (TPSA) is 40.7 Å². The zero-order valence-electron chi connectivity index (χ0n) is 9.71. The quantitative estimate of drug-likeness (QED) is 0.796. The van der Waals surface area contributed by atoms with Gasteiger partial charge in [-0.2, -0.15) is 0 Å². The Hall–Kier alpha value is -0.830. The fourth-order valence-corrected chi connectivity index (χ4v) is 2.21. The molecule has 3 heteroatoms. The summed E-state index contributed by atoms with van der Waals surface area (Å²) >= 11 is 0. The predicted octanol–water partition coefficient (Wildman–Crippen LogP) is 2.08. The standard InChI is InChI=1S/C12H21N3/c1-9(2)6-11-8-14-12(15-11)10-4-3-5-13-7-10/h8-10,13H,3-7H2,1-2H3,(H,14,15). The van der Waals surface area contributed by atoms with Crippen molar-refractivity contribution in [3.05, 3.63) is 17.7 Å². The van der Waals surface area contributed by atoms with E-state index >= 15 is 0 Å². The summed E-state index contributed by atoms with van der Waals surface area (Å²) in [4.78, 5) is 7.96. The highest BCUT2D eigenvalue weighted by Crippen LogP contribution is 2.20. The molecule has 1 atom stereocenters. The molecule has 0 radical (unpaired) electrons. The fourth-order valence-electron chi connectivity index (χ4n) is 2.21. The Bertz CT molecular complexity index is 298. The summed E-state index contributed by atoms with van der Waals surface area (Å²) in [7, 11) is 0. The monoisotopic (exact) mass is 207 g/mol. The van der Waals surface area contributed by atoms with Crippen molar-refractivity contribution in [2.45, 2.75) is 39.0 Å². The van der Waals surface area contributed by atoms with Gasteiger partial charge in [-0.05, 0) is 31.7 Å². The number of hydrogen-bond donors (Lipinski definition) is 2. The molecule has 1 unspecified atom stereocenters. The SMILES string of the molecule is CC(C)Cc1cnc(C2CCCNC2)[nH]1. The van der Waals surface area contributed by atoms with Crippen molar-refractivity contribution in [1.82, 2.24) is 15.3 Å². The molecule has 0 aromatic carbocycles. The van der Waals surface area contributed by atoms with E-state index in [4.69, 9.17) is 0 Å². The van der Waals surface area contributed by atoms with Crippen LogP contribution in [0.1, 0.15) is 44.1 Å². The molecule has 1 aliphatic rings. The van der Waals surface area contributed by atoms with Crippen LogP contribution in [0.15, 0.2) is 6.20 Å². The van der Waals surface area contributed by atoms with E-state index in [0.29, 0.717) is 11.8 Å². The first-order chi connectivity index (χ1) is 7.25. The Labute approximate surface area is 91.7 Å². The number of piperidine rings is 1. The summed E-state index contributed by atoms with van der Waals surface area (Å²) in [5, 5.41) is 3.42. The molecular formula is C12H21N3. The highest BCUT2D eigenvalue weighted by molar-refractivity contribution is 5.07. The van der Waals surface area contributed by atoms with Gasteiger partial charge in [0, 0.05) is 24.4 Å².